The molecule has 21 heavy (non-hydrogen) atoms. The monoisotopic (exact) mass is 376 g/mol. The molecule has 0 unspecified atom stereocenters. The zero-order valence-corrected chi connectivity index (χ0v) is 15.8. The Bertz CT molecular complexity index is 586. The van der Waals surface area contributed by atoms with Gasteiger partial charge in [-0.1, -0.05) is 29.8 Å². The van der Waals surface area contributed by atoms with Crippen LogP contribution in [0.15, 0.2) is 21.5 Å². The summed E-state index contributed by atoms with van der Waals surface area (Å²) >= 11 is 3.46. The van der Waals surface area contributed by atoms with Crippen molar-refractivity contribution in [1.82, 2.24) is 9.62 Å². The predicted molar refractivity (Wildman–Crippen MR) is 90.9 cm³/mol. The standard InChI is InChI=1S/C15H25BrN2O2S/c1-11(2)6-7-18(5)21(19,20)15-9-13(10-17-4)8-14(16)12(15)3/h8-9,11,17H,6-7,10H2,1-5H3. The van der Waals surface area contributed by atoms with Gasteiger partial charge in [0.15, 0.2) is 0 Å². The molecule has 120 valence electrons. The molecule has 0 aliphatic heterocycles. The van der Waals surface area contributed by atoms with Gasteiger partial charge in [-0.25, -0.2) is 12.7 Å². The van der Waals surface area contributed by atoms with Crippen molar-refractivity contribution in [3.63, 3.8) is 0 Å². The fourth-order valence-corrected chi connectivity index (χ4v) is 4.13. The molecule has 0 amide bonds. The first kappa shape index (κ1) is 18.6. The lowest BCUT2D eigenvalue weighted by atomic mass is 10.1. The number of nitrogens with one attached hydrogen (secondary N) is 1. The third kappa shape index (κ3) is 4.77. The van der Waals surface area contributed by atoms with Crippen molar-refractivity contribution in [1.29, 1.82) is 0 Å². The summed E-state index contributed by atoms with van der Waals surface area (Å²) < 4.78 is 27.8. The molecule has 6 heteroatoms. The molecule has 1 rings (SSSR count). The van der Waals surface area contributed by atoms with Crippen LogP contribution in [0.4, 0.5) is 0 Å². The van der Waals surface area contributed by atoms with Crippen molar-refractivity contribution >= 4 is 26.0 Å². The van der Waals surface area contributed by atoms with Gasteiger partial charge in [-0.2, -0.15) is 0 Å². The van der Waals surface area contributed by atoms with Gasteiger partial charge >= 0.3 is 0 Å². The highest BCUT2D eigenvalue weighted by Crippen LogP contribution is 2.28. The third-order valence-corrected chi connectivity index (χ3v) is 6.25. The SMILES string of the molecule is CNCc1cc(Br)c(C)c(S(=O)(=O)N(C)CCC(C)C)c1. The molecule has 0 spiro atoms. The first-order valence-corrected chi connectivity index (χ1v) is 9.33. The maximum atomic E-state index is 12.8. The van der Waals surface area contributed by atoms with Gasteiger partial charge in [0, 0.05) is 24.6 Å². The Balaban J connectivity index is 3.17. The van der Waals surface area contributed by atoms with Crippen molar-refractivity contribution in [3.8, 4) is 0 Å². The minimum absolute atomic E-state index is 0.383. The van der Waals surface area contributed by atoms with E-state index in [0.29, 0.717) is 23.9 Å². The zero-order chi connectivity index (χ0) is 16.2. The number of sulfonamides is 1. The second-order valence-electron chi connectivity index (χ2n) is 5.74. The van der Waals surface area contributed by atoms with Crippen LogP contribution in [0.1, 0.15) is 31.4 Å². The third-order valence-electron chi connectivity index (χ3n) is 3.45. The fourth-order valence-electron chi connectivity index (χ4n) is 2.01. The van der Waals surface area contributed by atoms with Crippen LogP contribution in [0, 0.1) is 12.8 Å². The highest BCUT2D eigenvalue weighted by Gasteiger charge is 2.24. The Morgan fingerprint density at radius 1 is 1.33 bits per heavy atom. The molecule has 0 fully saturated rings. The van der Waals surface area contributed by atoms with Gasteiger partial charge in [-0.05, 0) is 49.6 Å². The largest absolute Gasteiger partial charge is 0.316 e. The molecule has 0 saturated heterocycles. The molecule has 0 aromatic heterocycles. The van der Waals surface area contributed by atoms with Crippen molar-refractivity contribution in [2.24, 2.45) is 5.92 Å². The van der Waals surface area contributed by atoms with E-state index in [1.807, 2.05) is 20.0 Å². The van der Waals surface area contributed by atoms with Gasteiger partial charge in [-0.15, -0.1) is 0 Å². The Morgan fingerprint density at radius 3 is 2.48 bits per heavy atom. The molecule has 4 nitrogen and oxygen atoms in total. The van der Waals surface area contributed by atoms with E-state index in [1.165, 1.54) is 4.31 Å². The number of benzene rings is 1. The van der Waals surface area contributed by atoms with Gasteiger partial charge in [0.2, 0.25) is 10.0 Å². The number of halogens is 1. The summed E-state index contributed by atoms with van der Waals surface area (Å²) in [6.07, 6.45) is 0.853. The van der Waals surface area contributed by atoms with Crippen LogP contribution in [-0.4, -0.2) is 33.4 Å². The van der Waals surface area contributed by atoms with Gasteiger partial charge in [0.05, 0.1) is 4.90 Å². The van der Waals surface area contributed by atoms with E-state index < -0.39 is 10.0 Å². The molecular formula is C15H25BrN2O2S. The van der Waals surface area contributed by atoms with Crippen molar-refractivity contribution in [2.75, 3.05) is 20.6 Å². The van der Waals surface area contributed by atoms with E-state index in [-0.39, 0.29) is 0 Å². The number of rotatable bonds is 7. The first-order valence-electron chi connectivity index (χ1n) is 7.10. The molecule has 1 aromatic rings. The average molecular weight is 377 g/mol. The summed E-state index contributed by atoms with van der Waals surface area (Å²) in [6.45, 7) is 7.19. The number of hydrogen-bond acceptors (Lipinski definition) is 3. The van der Waals surface area contributed by atoms with Crippen molar-refractivity contribution in [2.45, 2.75) is 38.6 Å². The molecule has 0 atom stereocenters. The second kappa shape index (κ2) is 7.72. The maximum absolute atomic E-state index is 12.8. The van der Waals surface area contributed by atoms with Gasteiger partial charge in [0.1, 0.15) is 0 Å². The topological polar surface area (TPSA) is 49.4 Å². The van der Waals surface area contributed by atoms with E-state index >= 15 is 0 Å². The van der Waals surface area contributed by atoms with Crippen LogP contribution in [0.3, 0.4) is 0 Å². The highest BCUT2D eigenvalue weighted by molar-refractivity contribution is 9.10. The fraction of sp³-hybridized carbons (Fsp3) is 0.600. The molecule has 0 saturated carbocycles. The summed E-state index contributed by atoms with van der Waals surface area (Å²) in [5.41, 5.74) is 1.71. The van der Waals surface area contributed by atoms with Crippen LogP contribution in [0.2, 0.25) is 0 Å². The Kier molecular flexibility index (Phi) is 6.84. The van der Waals surface area contributed by atoms with Gasteiger partial charge < -0.3 is 5.32 Å². The molecular weight excluding hydrogens is 352 g/mol. The lowest BCUT2D eigenvalue weighted by Crippen LogP contribution is -2.29. The summed E-state index contributed by atoms with van der Waals surface area (Å²) in [7, 11) is 0.0395. The Hall–Kier alpha value is -0.430. The Morgan fingerprint density at radius 2 is 1.95 bits per heavy atom. The second-order valence-corrected chi connectivity index (χ2v) is 8.61. The summed E-state index contributed by atoms with van der Waals surface area (Å²) in [5.74, 6) is 0.478. The minimum Gasteiger partial charge on any atom is -0.316 e. The van der Waals surface area contributed by atoms with E-state index in [9.17, 15) is 8.42 Å². The van der Waals surface area contributed by atoms with Gasteiger partial charge in [0.25, 0.3) is 0 Å². The Labute approximate surface area is 137 Å². The number of hydrogen-bond donors (Lipinski definition) is 1. The lowest BCUT2D eigenvalue weighted by molar-refractivity contribution is 0.427. The molecule has 1 N–H and O–H groups in total. The normalized spacial score (nSPS) is 12.4. The molecule has 0 aliphatic carbocycles. The van der Waals surface area contributed by atoms with Crippen LogP contribution in [-0.2, 0) is 16.6 Å². The molecule has 0 heterocycles. The van der Waals surface area contributed by atoms with E-state index in [0.717, 1.165) is 22.0 Å². The summed E-state index contributed by atoms with van der Waals surface area (Å²) in [6, 6.07) is 3.72. The van der Waals surface area contributed by atoms with E-state index in [2.05, 4.69) is 35.1 Å². The molecule has 0 radical (unpaired) electrons. The van der Waals surface area contributed by atoms with Crippen molar-refractivity contribution < 1.29 is 8.42 Å². The highest BCUT2D eigenvalue weighted by atomic mass is 79.9. The molecule has 0 bridgehead atoms. The minimum atomic E-state index is -3.45. The van der Waals surface area contributed by atoms with Crippen LogP contribution >= 0.6 is 15.9 Å². The van der Waals surface area contributed by atoms with Gasteiger partial charge in [-0.3, -0.25) is 0 Å². The van der Waals surface area contributed by atoms with Crippen LogP contribution in [0.5, 0.6) is 0 Å². The molecule has 1 aromatic carbocycles. The zero-order valence-electron chi connectivity index (χ0n) is 13.4. The summed E-state index contributed by atoms with van der Waals surface area (Å²) in [5, 5.41) is 3.05. The van der Waals surface area contributed by atoms with Crippen molar-refractivity contribution in [3.05, 3.63) is 27.7 Å². The van der Waals surface area contributed by atoms with Crippen LogP contribution < -0.4 is 5.32 Å². The average Bonchev–Trinajstić information content (AvgIpc) is 2.39. The van der Waals surface area contributed by atoms with E-state index in [1.54, 1.807) is 13.1 Å². The number of nitrogens with zero attached hydrogens (tertiary/aromatic N) is 1. The quantitative estimate of drug-likeness (QED) is 0.794. The van der Waals surface area contributed by atoms with E-state index in [4.69, 9.17) is 0 Å². The summed E-state index contributed by atoms with van der Waals surface area (Å²) in [4.78, 5) is 0.383. The smallest absolute Gasteiger partial charge is 0.243 e. The molecule has 0 aliphatic rings. The lowest BCUT2D eigenvalue weighted by Gasteiger charge is -2.20. The first-order chi connectivity index (χ1) is 9.70. The maximum Gasteiger partial charge on any atom is 0.243 e. The predicted octanol–water partition coefficient (Wildman–Crippen LogP) is 3.14. The van der Waals surface area contributed by atoms with Crippen LogP contribution in [0.25, 0.3) is 0 Å².